The molecule has 2 N–H and O–H groups in total. The number of anilines is 2. The van der Waals surface area contributed by atoms with Gasteiger partial charge in [-0.25, -0.2) is 0 Å². The number of hydrogen-bond acceptors (Lipinski definition) is 4. The third-order valence-electron chi connectivity index (χ3n) is 4.06. The van der Waals surface area contributed by atoms with Gasteiger partial charge in [-0.15, -0.1) is 0 Å². The number of nitrogens with two attached hydrogens (primary N) is 1. The van der Waals surface area contributed by atoms with Crippen molar-refractivity contribution in [2.75, 3.05) is 37.8 Å². The van der Waals surface area contributed by atoms with Crippen molar-refractivity contribution in [3.63, 3.8) is 0 Å². The maximum absolute atomic E-state index is 6.08. The Labute approximate surface area is 127 Å². The van der Waals surface area contributed by atoms with Crippen molar-refractivity contribution < 1.29 is 0 Å². The van der Waals surface area contributed by atoms with Gasteiger partial charge in [0.15, 0.2) is 0 Å². The fourth-order valence-electron chi connectivity index (χ4n) is 2.84. The Morgan fingerprint density at radius 3 is 2.90 bits per heavy atom. The van der Waals surface area contributed by atoms with Crippen molar-refractivity contribution in [1.29, 1.82) is 0 Å². The summed E-state index contributed by atoms with van der Waals surface area (Å²) < 4.78 is 0.960. The second kappa shape index (κ2) is 5.22. The van der Waals surface area contributed by atoms with Crippen LogP contribution in [0.5, 0.6) is 0 Å². The number of hydrogen-bond donors (Lipinski definition) is 1. The summed E-state index contributed by atoms with van der Waals surface area (Å²) in [6.45, 7) is 2.11. The highest BCUT2D eigenvalue weighted by Gasteiger charge is 2.25. The molecule has 20 heavy (non-hydrogen) atoms. The predicted molar refractivity (Wildman–Crippen MR) is 88.2 cm³/mol. The van der Waals surface area contributed by atoms with Crippen molar-refractivity contribution >= 4 is 38.2 Å². The number of fused-ring (bicyclic) bond motifs is 1. The molecular formula is C15H19BrN4. The Balaban J connectivity index is 2.03. The lowest BCUT2D eigenvalue weighted by Crippen LogP contribution is -2.31. The number of rotatable bonds is 2. The molecule has 0 spiro atoms. The molecule has 4 nitrogen and oxygen atoms in total. The fraction of sp³-hybridized carbons (Fsp3) is 0.400. The maximum Gasteiger partial charge on any atom is 0.0956 e. The number of pyridine rings is 1. The summed E-state index contributed by atoms with van der Waals surface area (Å²) in [5.74, 6) is 0. The smallest absolute Gasteiger partial charge is 0.0956 e. The summed E-state index contributed by atoms with van der Waals surface area (Å²) in [5, 5.41) is 1.02. The highest BCUT2D eigenvalue weighted by atomic mass is 79.9. The zero-order valence-electron chi connectivity index (χ0n) is 11.8. The summed E-state index contributed by atoms with van der Waals surface area (Å²) in [7, 11) is 4.29. The minimum atomic E-state index is 0.609. The molecule has 2 heterocycles. The Bertz CT molecular complexity index is 641. The first-order valence-corrected chi connectivity index (χ1v) is 7.60. The lowest BCUT2D eigenvalue weighted by Gasteiger charge is -2.23. The quantitative estimate of drug-likeness (QED) is 0.857. The summed E-state index contributed by atoms with van der Waals surface area (Å²) >= 11 is 3.46. The first-order valence-electron chi connectivity index (χ1n) is 6.81. The van der Waals surface area contributed by atoms with E-state index >= 15 is 0 Å². The van der Waals surface area contributed by atoms with Crippen LogP contribution in [0.1, 0.15) is 6.42 Å². The lowest BCUT2D eigenvalue weighted by molar-refractivity contribution is 0.315. The van der Waals surface area contributed by atoms with E-state index in [-0.39, 0.29) is 0 Å². The molecule has 1 aliphatic heterocycles. The van der Waals surface area contributed by atoms with Crippen LogP contribution in [-0.4, -0.2) is 43.1 Å². The van der Waals surface area contributed by atoms with Crippen molar-refractivity contribution in [2.45, 2.75) is 12.5 Å². The summed E-state index contributed by atoms with van der Waals surface area (Å²) in [6, 6.07) is 6.73. The van der Waals surface area contributed by atoms with Gasteiger partial charge in [0.1, 0.15) is 0 Å². The fourth-order valence-corrected chi connectivity index (χ4v) is 3.17. The number of nitrogen functional groups attached to an aromatic ring is 1. The van der Waals surface area contributed by atoms with Crippen LogP contribution in [0.2, 0.25) is 0 Å². The van der Waals surface area contributed by atoms with Gasteiger partial charge in [-0.2, -0.15) is 0 Å². The molecule has 1 unspecified atom stereocenters. The van der Waals surface area contributed by atoms with E-state index in [1.807, 2.05) is 18.3 Å². The highest BCUT2D eigenvalue weighted by Crippen LogP contribution is 2.33. The van der Waals surface area contributed by atoms with Crippen LogP contribution in [0.25, 0.3) is 10.9 Å². The van der Waals surface area contributed by atoms with Crippen LogP contribution in [-0.2, 0) is 0 Å². The van der Waals surface area contributed by atoms with E-state index in [0.29, 0.717) is 6.04 Å². The molecule has 0 bridgehead atoms. The van der Waals surface area contributed by atoms with E-state index in [9.17, 15) is 0 Å². The third kappa shape index (κ3) is 2.36. The molecule has 1 fully saturated rings. The number of halogens is 1. The predicted octanol–water partition coefficient (Wildman–Crippen LogP) is 2.72. The van der Waals surface area contributed by atoms with Crippen LogP contribution in [0.3, 0.4) is 0 Å². The Morgan fingerprint density at radius 1 is 1.40 bits per heavy atom. The molecule has 1 aliphatic rings. The van der Waals surface area contributed by atoms with Gasteiger partial charge in [0.05, 0.1) is 11.2 Å². The third-order valence-corrected chi connectivity index (χ3v) is 4.50. The van der Waals surface area contributed by atoms with Crippen molar-refractivity contribution in [3.05, 3.63) is 28.9 Å². The molecule has 0 amide bonds. The van der Waals surface area contributed by atoms with Gasteiger partial charge in [0, 0.05) is 40.9 Å². The maximum atomic E-state index is 6.08. The van der Waals surface area contributed by atoms with Gasteiger partial charge in [-0.05, 0) is 54.6 Å². The van der Waals surface area contributed by atoms with Gasteiger partial charge >= 0.3 is 0 Å². The van der Waals surface area contributed by atoms with E-state index in [2.05, 4.69) is 50.9 Å². The molecule has 2 aromatic rings. The highest BCUT2D eigenvalue weighted by molar-refractivity contribution is 9.10. The average molecular weight is 335 g/mol. The SMILES string of the molecule is CN(C)C1CCN(c2ccc(N)c3cc(Br)cnc23)C1. The van der Waals surface area contributed by atoms with Gasteiger partial charge < -0.3 is 15.5 Å². The first kappa shape index (κ1) is 13.6. The van der Waals surface area contributed by atoms with Crippen LogP contribution >= 0.6 is 15.9 Å². The Hall–Kier alpha value is -1.33. The molecule has 1 aromatic heterocycles. The van der Waals surface area contributed by atoms with Crippen molar-refractivity contribution in [2.24, 2.45) is 0 Å². The van der Waals surface area contributed by atoms with Crippen molar-refractivity contribution in [1.82, 2.24) is 9.88 Å². The van der Waals surface area contributed by atoms with E-state index in [4.69, 9.17) is 5.73 Å². The van der Waals surface area contributed by atoms with Crippen LogP contribution in [0.4, 0.5) is 11.4 Å². The molecule has 106 valence electrons. The minimum Gasteiger partial charge on any atom is -0.398 e. The second-order valence-corrected chi connectivity index (χ2v) is 6.49. The van der Waals surface area contributed by atoms with Crippen LogP contribution < -0.4 is 10.6 Å². The molecule has 0 saturated carbocycles. The van der Waals surface area contributed by atoms with E-state index in [1.165, 1.54) is 12.1 Å². The average Bonchev–Trinajstić information content (AvgIpc) is 2.89. The van der Waals surface area contributed by atoms with Crippen LogP contribution in [0, 0.1) is 0 Å². The number of aromatic nitrogens is 1. The van der Waals surface area contributed by atoms with Gasteiger partial charge in [-0.1, -0.05) is 0 Å². The Kier molecular flexibility index (Phi) is 3.56. The zero-order valence-corrected chi connectivity index (χ0v) is 13.4. The van der Waals surface area contributed by atoms with Crippen LogP contribution in [0.15, 0.2) is 28.9 Å². The van der Waals surface area contributed by atoms with Gasteiger partial charge in [0.25, 0.3) is 0 Å². The summed E-state index contributed by atoms with van der Waals surface area (Å²) in [4.78, 5) is 9.28. The summed E-state index contributed by atoms with van der Waals surface area (Å²) in [6.07, 6.45) is 3.03. The first-order chi connectivity index (χ1) is 9.56. The monoisotopic (exact) mass is 334 g/mol. The standard InChI is InChI=1S/C15H19BrN4/c1-19(2)11-5-6-20(9-11)14-4-3-13(17)12-7-10(16)8-18-15(12)14/h3-4,7-8,11H,5-6,9,17H2,1-2H3. The zero-order chi connectivity index (χ0) is 14.3. The number of likely N-dealkylation sites (N-methyl/N-ethyl adjacent to an activating group) is 1. The normalized spacial score (nSPS) is 19.2. The number of benzene rings is 1. The molecule has 5 heteroatoms. The molecule has 0 aliphatic carbocycles. The van der Waals surface area contributed by atoms with E-state index in [1.54, 1.807) is 0 Å². The lowest BCUT2D eigenvalue weighted by atomic mass is 10.1. The van der Waals surface area contributed by atoms with E-state index in [0.717, 1.165) is 34.2 Å². The van der Waals surface area contributed by atoms with Crippen molar-refractivity contribution in [3.8, 4) is 0 Å². The molecule has 1 atom stereocenters. The molecular weight excluding hydrogens is 316 g/mol. The minimum absolute atomic E-state index is 0.609. The number of nitrogens with zero attached hydrogens (tertiary/aromatic N) is 3. The molecule has 1 aromatic carbocycles. The van der Waals surface area contributed by atoms with Gasteiger partial charge in [0.2, 0.25) is 0 Å². The largest absolute Gasteiger partial charge is 0.398 e. The van der Waals surface area contributed by atoms with Gasteiger partial charge in [-0.3, -0.25) is 4.98 Å². The molecule has 3 rings (SSSR count). The topological polar surface area (TPSA) is 45.4 Å². The summed E-state index contributed by atoms with van der Waals surface area (Å²) in [5.41, 5.74) is 9.04. The molecule has 1 saturated heterocycles. The van der Waals surface area contributed by atoms with E-state index < -0.39 is 0 Å². The molecule has 0 radical (unpaired) electrons. The Morgan fingerprint density at radius 2 is 2.20 bits per heavy atom. The second-order valence-electron chi connectivity index (χ2n) is 5.58.